The van der Waals surface area contributed by atoms with Crippen LogP contribution in [-0.2, 0) is 22.4 Å². The van der Waals surface area contributed by atoms with E-state index in [2.05, 4.69) is 0 Å². The third-order valence-electron chi connectivity index (χ3n) is 4.38. The van der Waals surface area contributed by atoms with Crippen LogP contribution in [0.4, 0.5) is 13.2 Å². The number of hydrogen-bond acceptors (Lipinski definition) is 3. The summed E-state index contributed by atoms with van der Waals surface area (Å²) in [5, 5.41) is 9.91. The smallest absolute Gasteiger partial charge is 0.285 e. The Morgan fingerprint density at radius 1 is 1.23 bits per heavy atom. The Bertz CT molecular complexity index is 1020. The molecule has 0 amide bonds. The standard InChI is InChI=1S/C18H17F3NO3S/c1-3-26(24,25)17-6-11(2)4-5-15(17)12-7-13-8-14(18(19,20)21)10-22(23)16(13)9-12/h4-6,8-10,23H,3,7H2,1-2H3/q+1. The van der Waals surface area contributed by atoms with Gasteiger partial charge in [-0.25, -0.2) is 8.42 Å². The van der Waals surface area contributed by atoms with Crippen LogP contribution in [0, 0.1) is 6.92 Å². The summed E-state index contributed by atoms with van der Waals surface area (Å²) in [6.07, 6.45) is -2.34. The minimum atomic E-state index is -4.58. The van der Waals surface area contributed by atoms with Gasteiger partial charge in [-0.2, -0.15) is 13.2 Å². The van der Waals surface area contributed by atoms with Crippen LogP contribution in [0.5, 0.6) is 0 Å². The van der Waals surface area contributed by atoms with Crippen molar-refractivity contribution in [2.75, 3.05) is 5.75 Å². The molecule has 0 bridgehead atoms. The molecule has 0 saturated heterocycles. The van der Waals surface area contributed by atoms with Gasteiger partial charge in [0.05, 0.1) is 10.6 Å². The zero-order valence-corrected chi connectivity index (χ0v) is 14.9. The molecule has 0 saturated carbocycles. The number of alkyl halides is 3. The van der Waals surface area contributed by atoms with Crippen LogP contribution < -0.4 is 4.73 Å². The summed E-state index contributed by atoms with van der Waals surface area (Å²) in [5.41, 5.74) is 1.31. The fourth-order valence-corrected chi connectivity index (χ4v) is 4.22. The first-order valence-corrected chi connectivity index (χ1v) is 9.57. The number of rotatable bonds is 3. The zero-order valence-electron chi connectivity index (χ0n) is 14.1. The zero-order chi connectivity index (χ0) is 19.3. The molecule has 1 N–H and O–H groups in total. The predicted octanol–water partition coefficient (Wildman–Crippen LogP) is 3.43. The van der Waals surface area contributed by atoms with Gasteiger partial charge in [0.1, 0.15) is 5.56 Å². The number of benzene rings is 1. The molecule has 1 aliphatic rings. The summed E-state index contributed by atoms with van der Waals surface area (Å²) >= 11 is 0. The van der Waals surface area contributed by atoms with Gasteiger partial charge in [0.25, 0.3) is 5.69 Å². The van der Waals surface area contributed by atoms with Crippen LogP contribution in [0.1, 0.15) is 34.9 Å². The number of aromatic nitrogens is 1. The van der Waals surface area contributed by atoms with Gasteiger partial charge in [0, 0.05) is 22.8 Å². The highest BCUT2D eigenvalue weighted by Gasteiger charge is 2.37. The number of pyridine rings is 1. The van der Waals surface area contributed by atoms with E-state index in [0.29, 0.717) is 22.1 Å². The average Bonchev–Trinajstić information content (AvgIpc) is 2.98. The van der Waals surface area contributed by atoms with E-state index in [1.54, 1.807) is 25.1 Å². The topological polar surface area (TPSA) is 58.2 Å². The molecule has 26 heavy (non-hydrogen) atoms. The molecule has 0 spiro atoms. The van der Waals surface area contributed by atoms with Crippen LogP contribution in [0.25, 0.3) is 11.6 Å². The average molecular weight is 384 g/mol. The molecule has 3 rings (SSSR count). The van der Waals surface area contributed by atoms with E-state index < -0.39 is 21.6 Å². The normalized spacial score (nSPS) is 14.3. The Morgan fingerprint density at radius 2 is 1.92 bits per heavy atom. The summed E-state index contributed by atoms with van der Waals surface area (Å²) < 4.78 is 64.1. The fourth-order valence-electron chi connectivity index (χ4n) is 3.00. The number of aryl methyl sites for hydroxylation is 1. The number of nitrogens with zero attached hydrogens (tertiary/aromatic N) is 1. The first kappa shape index (κ1) is 18.4. The third kappa shape index (κ3) is 3.21. The van der Waals surface area contributed by atoms with Crippen molar-refractivity contribution in [1.82, 2.24) is 0 Å². The van der Waals surface area contributed by atoms with Crippen molar-refractivity contribution in [3.63, 3.8) is 0 Å². The molecule has 0 atom stereocenters. The lowest BCUT2D eigenvalue weighted by atomic mass is 10.0. The molecule has 1 heterocycles. The lowest BCUT2D eigenvalue weighted by Gasteiger charge is -2.11. The van der Waals surface area contributed by atoms with E-state index in [1.807, 2.05) is 0 Å². The van der Waals surface area contributed by atoms with Crippen molar-refractivity contribution in [3.8, 4) is 0 Å². The number of hydrogen-bond donors (Lipinski definition) is 1. The van der Waals surface area contributed by atoms with E-state index in [0.717, 1.165) is 11.6 Å². The Hall–Kier alpha value is -2.35. The summed E-state index contributed by atoms with van der Waals surface area (Å²) in [6, 6.07) is 5.95. The van der Waals surface area contributed by atoms with Gasteiger partial charge in [-0.3, -0.25) is 5.21 Å². The van der Waals surface area contributed by atoms with Gasteiger partial charge in [-0.1, -0.05) is 19.1 Å². The molecule has 1 aromatic heterocycles. The van der Waals surface area contributed by atoms with Crippen LogP contribution in [-0.4, -0.2) is 19.4 Å². The highest BCUT2D eigenvalue weighted by atomic mass is 32.2. The molecule has 8 heteroatoms. The number of sulfone groups is 1. The first-order chi connectivity index (χ1) is 12.0. The van der Waals surface area contributed by atoms with Gasteiger partial charge in [-0.05, 0) is 35.8 Å². The lowest BCUT2D eigenvalue weighted by molar-refractivity contribution is -0.906. The minimum Gasteiger partial charge on any atom is -0.285 e. The highest BCUT2D eigenvalue weighted by Crippen LogP contribution is 2.36. The minimum absolute atomic E-state index is 0.0814. The maximum Gasteiger partial charge on any atom is 0.422 e. The highest BCUT2D eigenvalue weighted by molar-refractivity contribution is 7.91. The third-order valence-corrected chi connectivity index (χ3v) is 6.15. The molecule has 0 aliphatic heterocycles. The lowest BCUT2D eigenvalue weighted by Crippen LogP contribution is -2.35. The maximum absolute atomic E-state index is 12.9. The van der Waals surface area contributed by atoms with Gasteiger partial charge >= 0.3 is 6.18 Å². The van der Waals surface area contributed by atoms with E-state index in [-0.39, 0.29) is 28.3 Å². The second-order valence-corrected chi connectivity index (χ2v) is 8.48. The van der Waals surface area contributed by atoms with Crippen molar-refractivity contribution in [2.24, 2.45) is 0 Å². The number of allylic oxidation sites excluding steroid dienone is 1. The van der Waals surface area contributed by atoms with Crippen LogP contribution in [0.2, 0.25) is 0 Å². The monoisotopic (exact) mass is 384 g/mol. The molecule has 0 radical (unpaired) electrons. The Morgan fingerprint density at radius 3 is 2.54 bits per heavy atom. The Labute approximate surface area is 149 Å². The van der Waals surface area contributed by atoms with Crippen molar-refractivity contribution in [1.29, 1.82) is 0 Å². The summed E-state index contributed by atoms with van der Waals surface area (Å²) in [6.45, 7) is 3.31. The molecule has 4 nitrogen and oxygen atoms in total. The fraction of sp³-hybridized carbons (Fsp3) is 0.278. The summed E-state index contributed by atoms with van der Waals surface area (Å²) in [7, 11) is -3.51. The van der Waals surface area contributed by atoms with Crippen LogP contribution >= 0.6 is 0 Å². The molecule has 0 fully saturated rings. The molecule has 2 aromatic rings. The molecule has 1 aliphatic carbocycles. The molecule has 1 aromatic carbocycles. The van der Waals surface area contributed by atoms with Gasteiger partial charge in [0.2, 0.25) is 6.20 Å². The Balaban J connectivity index is 2.12. The van der Waals surface area contributed by atoms with E-state index in [1.165, 1.54) is 13.0 Å². The van der Waals surface area contributed by atoms with Crippen molar-refractivity contribution >= 4 is 21.5 Å². The molecular weight excluding hydrogens is 367 g/mol. The van der Waals surface area contributed by atoms with Crippen LogP contribution in [0.15, 0.2) is 35.4 Å². The van der Waals surface area contributed by atoms with E-state index >= 15 is 0 Å². The molecule has 0 unspecified atom stereocenters. The van der Waals surface area contributed by atoms with Crippen LogP contribution in [0.3, 0.4) is 0 Å². The Kier molecular flexibility index (Phi) is 4.34. The SMILES string of the molecule is CCS(=O)(=O)c1cc(C)ccc1C1=Cc2c(cc(C(F)(F)F)c[n+]2O)C1. The van der Waals surface area contributed by atoms with Gasteiger partial charge in [0.15, 0.2) is 9.84 Å². The van der Waals surface area contributed by atoms with Gasteiger partial charge in [-0.15, -0.1) is 0 Å². The van der Waals surface area contributed by atoms with E-state index in [4.69, 9.17) is 0 Å². The molecule has 138 valence electrons. The van der Waals surface area contributed by atoms with Gasteiger partial charge < -0.3 is 0 Å². The quantitative estimate of drug-likeness (QED) is 0.652. The summed E-state index contributed by atoms with van der Waals surface area (Å²) in [5.74, 6) is -0.0814. The second-order valence-electron chi connectivity index (χ2n) is 6.23. The maximum atomic E-state index is 12.9. The second kappa shape index (κ2) is 6.12. The van der Waals surface area contributed by atoms with E-state index in [9.17, 15) is 26.8 Å². The van der Waals surface area contributed by atoms with Crippen molar-refractivity contribution in [2.45, 2.75) is 31.3 Å². The molecular formula is C18H17F3NO3S+. The number of fused-ring (bicyclic) bond motifs is 1. The van der Waals surface area contributed by atoms with Crippen molar-refractivity contribution in [3.05, 3.63) is 58.4 Å². The first-order valence-electron chi connectivity index (χ1n) is 7.92. The predicted molar refractivity (Wildman–Crippen MR) is 89.3 cm³/mol. The van der Waals surface area contributed by atoms with Crippen molar-refractivity contribution < 1.29 is 31.5 Å². The largest absolute Gasteiger partial charge is 0.422 e. The number of halogens is 3. The summed E-state index contributed by atoms with van der Waals surface area (Å²) in [4.78, 5) is 0.152.